The van der Waals surface area contributed by atoms with Gasteiger partial charge in [-0.05, 0) is 44.9 Å². The molecule has 0 amide bonds. The number of rotatable bonds is 54. The second-order valence-electron chi connectivity index (χ2n) is 21.0. The predicted molar refractivity (Wildman–Crippen MR) is 291 cm³/mol. The number of nitrogens with zero attached hydrogens (tertiary/aromatic N) is 1. The number of ether oxygens (including phenoxy) is 2. The maximum absolute atomic E-state index is 12.7. The number of hydrogen-bond acceptors (Lipinski definition) is 8. The summed E-state index contributed by atoms with van der Waals surface area (Å²) in [5.74, 6) is -0.858. The minimum absolute atomic E-state index is 0.0357. The minimum atomic E-state index is -4.64. The molecule has 69 heavy (non-hydrogen) atoms. The molecule has 0 aliphatic carbocycles. The highest BCUT2D eigenvalue weighted by molar-refractivity contribution is 7.45. The van der Waals surface area contributed by atoms with E-state index in [9.17, 15) is 19.0 Å². The van der Waals surface area contributed by atoms with E-state index >= 15 is 0 Å². The largest absolute Gasteiger partial charge is 0.756 e. The maximum Gasteiger partial charge on any atom is 0.306 e. The Morgan fingerprint density at radius 2 is 0.826 bits per heavy atom. The summed E-state index contributed by atoms with van der Waals surface area (Å²) in [7, 11) is 1.15. The Kier molecular flexibility index (Phi) is 49.8. The van der Waals surface area contributed by atoms with E-state index in [2.05, 4.69) is 50.3 Å². The number of allylic oxidation sites excluding steroid dienone is 6. The van der Waals surface area contributed by atoms with Crippen molar-refractivity contribution >= 4 is 19.8 Å². The van der Waals surface area contributed by atoms with E-state index in [-0.39, 0.29) is 32.0 Å². The summed E-state index contributed by atoms with van der Waals surface area (Å²) in [5.41, 5.74) is 0. The quantitative estimate of drug-likeness (QED) is 0.0195. The molecule has 0 heterocycles. The van der Waals surface area contributed by atoms with Gasteiger partial charge in [-0.3, -0.25) is 14.2 Å². The van der Waals surface area contributed by atoms with Gasteiger partial charge < -0.3 is 27.9 Å². The van der Waals surface area contributed by atoms with E-state index in [1.165, 1.54) is 186 Å². The van der Waals surface area contributed by atoms with Crippen molar-refractivity contribution in [3.05, 3.63) is 36.5 Å². The normalized spacial score (nSPS) is 13.5. The first-order valence-electron chi connectivity index (χ1n) is 29.2. The van der Waals surface area contributed by atoms with E-state index in [4.69, 9.17) is 18.5 Å². The highest BCUT2D eigenvalue weighted by Gasteiger charge is 2.22. The molecule has 10 heteroatoms. The Morgan fingerprint density at radius 1 is 0.464 bits per heavy atom. The van der Waals surface area contributed by atoms with E-state index in [0.29, 0.717) is 17.4 Å². The monoisotopic (exact) mass is 994 g/mol. The molecular formula is C59H112NO8P. The first-order valence-corrected chi connectivity index (χ1v) is 30.7. The van der Waals surface area contributed by atoms with Crippen molar-refractivity contribution < 1.29 is 42.1 Å². The molecule has 0 aliphatic rings. The molecule has 0 N–H and O–H groups in total. The van der Waals surface area contributed by atoms with Crippen LogP contribution in [0.3, 0.4) is 0 Å². The van der Waals surface area contributed by atoms with Crippen molar-refractivity contribution in [2.75, 3.05) is 47.5 Å². The van der Waals surface area contributed by atoms with E-state index in [0.717, 1.165) is 57.8 Å². The van der Waals surface area contributed by atoms with Gasteiger partial charge in [-0.2, -0.15) is 0 Å². The topological polar surface area (TPSA) is 111 Å². The predicted octanol–water partition coefficient (Wildman–Crippen LogP) is 17.4. The lowest BCUT2D eigenvalue weighted by Crippen LogP contribution is -2.37. The molecule has 0 aromatic rings. The van der Waals surface area contributed by atoms with E-state index < -0.39 is 26.5 Å². The molecular weight excluding hydrogens is 882 g/mol. The van der Waals surface area contributed by atoms with Crippen molar-refractivity contribution in [1.29, 1.82) is 0 Å². The van der Waals surface area contributed by atoms with Gasteiger partial charge in [0.15, 0.2) is 6.10 Å². The Morgan fingerprint density at radius 3 is 1.23 bits per heavy atom. The number of quaternary nitrogens is 1. The first-order chi connectivity index (χ1) is 33.5. The molecule has 0 fully saturated rings. The maximum atomic E-state index is 12.7. The van der Waals surface area contributed by atoms with Gasteiger partial charge in [0.1, 0.15) is 19.8 Å². The zero-order valence-corrected chi connectivity index (χ0v) is 46.9. The molecule has 0 saturated heterocycles. The Hall–Kier alpha value is -1.77. The Balaban J connectivity index is 3.96. The minimum Gasteiger partial charge on any atom is -0.756 e. The second-order valence-corrected chi connectivity index (χ2v) is 22.4. The molecule has 0 bridgehead atoms. The zero-order chi connectivity index (χ0) is 50.6. The summed E-state index contributed by atoms with van der Waals surface area (Å²) in [5, 5.41) is 0. The fourth-order valence-corrected chi connectivity index (χ4v) is 9.17. The SMILES string of the molecule is CC/C=C\C/C=C\C/C=C\CCCCCC(=O)OC(COC(=O)CCCCCCCCCCCCCCCCCCCCCCCCCCCCCCCCCC)COP(=O)([O-])OCC[N+](C)(C)C. The van der Waals surface area contributed by atoms with Gasteiger partial charge in [0.2, 0.25) is 0 Å². The third kappa shape index (κ3) is 55.4. The van der Waals surface area contributed by atoms with Crippen LogP contribution in [-0.4, -0.2) is 70.0 Å². The highest BCUT2D eigenvalue weighted by Crippen LogP contribution is 2.38. The average Bonchev–Trinajstić information content (AvgIpc) is 3.31. The van der Waals surface area contributed by atoms with Gasteiger partial charge in [-0.1, -0.05) is 256 Å². The van der Waals surface area contributed by atoms with Gasteiger partial charge in [-0.15, -0.1) is 0 Å². The van der Waals surface area contributed by atoms with Gasteiger partial charge in [0.25, 0.3) is 7.82 Å². The lowest BCUT2D eigenvalue weighted by Gasteiger charge is -2.28. The number of carbonyl (C=O) groups is 2. The van der Waals surface area contributed by atoms with Crippen molar-refractivity contribution in [1.82, 2.24) is 0 Å². The Labute approximate surface area is 427 Å². The van der Waals surface area contributed by atoms with E-state index in [1.807, 2.05) is 21.1 Å². The molecule has 0 aliphatic heterocycles. The van der Waals surface area contributed by atoms with Crippen LogP contribution in [0.4, 0.5) is 0 Å². The number of unbranched alkanes of at least 4 members (excludes halogenated alkanes) is 34. The molecule has 0 rings (SSSR count). The fourth-order valence-electron chi connectivity index (χ4n) is 8.44. The van der Waals surface area contributed by atoms with Gasteiger partial charge in [0, 0.05) is 12.8 Å². The van der Waals surface area contributed by atoms with Gasteiger partial charge in [-0.25, -0.2) is 0 Å². The lowest BCUT2D eigenvalue weighted by atomic mass is 10.0. The van der Waals surface area contributed by atoms with Crippen molar-refractivity contribution in [3.8, 4) is 0 Å². The van der Waals surface area contributed by atoms with Crippen molar-refractivity contribution in [3.63, 3.8) is 0 Å². The highest BCUT2D eigenvalue weighted by atomic mass is 31.2. The van der Waals surface area contributed by atoms with Crippen LogP contribution in [0, 0.1) is 0 Å². The second kappa shape index (κ2) is 51.1. The number of likely N-dealkylation sites (N-methyl/N-ethyl adjacent to an activating group) is 1. The first kappa shape index (κ1) is 67.2. The Bertz CT molecular complexity index is 1260. The third-order valence-electron chi connectivity index (χ3n) is 12.9. The molecule has 0 aromatic carbocycles. The van der Waals surface area contributed by atoms with E-state index in [1.54, 1.807) is 0 Å². The van der Waals surface area contributed by atoms with Crippen LogP contribution >= 0.6 is 7.82 Å². The molecule has 2 atom stereocenters. The lowest BCUT2D eigenvalue weighted by molar-refractivity contribution is -0.870. The molecule has 0 aromatic heterocycles. The van der Waals surface area contributed by atoms with Crippen molar-refractivity contribution in [2.24, 2.45) is 0 Å². The summed E-state index contributed by atoms with van der Waals surface area (Å²) in [6, 6.07) is 0. The fraction of sp³-hybridized carbons (Fsp3) is 0.864. The summed E-state index contributed by atoms with van der Waals surface area (Å²) >= 11 is 0. The van der Waals surface area contributed by atoms with Crippen LogP contribution in [-0.2, 0) is 32.7 Å². The van der Waals surface area contributed by atoms with Crippen LogP contribution < -0.4 is 4.89 Å². The number of esters is 2. The number of phosphoric ester groups is 1. The molecule has 0 spiro atoms. The molecule has 406 valence electrons. The molecule has 9 nitrogen and oxygen atoms in total. The molecule has 0 radical (unpaired) electrons. The smallest absolute Gasteiger partial charge is 0.306 e. The van der Waals surface area contributed by atoms with Crippen LogP contribution in [0.5, 0.6) is 0 Å². The third-order valence-corrected chi connectivity index (χ3v) is 13.9. The standard InChI is InChI=1S/C59H112NO8P/c1-6-8-10-12-14-16-18-20-21-22-23-24-25-26-27-28-29-30-31-32-33-34-35-36-37-38-40-41-43-45-47-49-51-58(61)65-55-57(56-67-69(63,64)66-54-53-60(3,4)5)68-59(62)52-50-48-46-44-42-39-19-17-15-13-11-9-7-2/h9,11,15,17,39,42,57H,6-8,10,12-14,16,18-38,40-41,43-56H2,1-5H3/b11-9-,17-15-,42-39-. The van der Waals surface area contributed by atoms with Gasteiger partial charge in [0.05, 0.1) is 27.7 Å². The van der Waals surface area contributed by atoms with Crippen LogP contribution in [0.1, 0.15) is 277 Å². The van der Waals surface area contributed by atoms with Crippen LogP contribution in [0.15, 0.2) is 36.5 Å². The summed E-state index contributed by atoms with van der Waals surface area (Å²) in [6.45, 7) is 4.12. The average molecular weight is 995 g/mol. The van der Waals surface area contributed by atoms with Gasteiger partial charge >= 0.3 is 11.9 Å². The number of carbonyl (C=O) groups excluding carboxylic acids is 2. The van der Waals surface area contributed by atoms with Crippen molar-refractivity contribution in [2.45, 2.75) is 283 Å². The summed E-state index contributed by atoms with van der Waals surface area (Å²) in [6.07, 6.45) is 62.3. The molecule has 0 saturated carbocycles. The number of phosphoric acid groups is 1. The molecule has 2 unspecified atom stereocenters. The number of hydrogen-bond donors (Lipinski definition) is 0. The zero-order valence-electron chi connectivity index (χ0n) is 46.0. The summed E-state index contributed by atoms with van der Waals surface area (Å²) in [4.78, 5) is 37.7. The van der Waals surface area contributed by atoms with Crippen LogP contribution in [0.2, 0.25) is 0 Å². The van der Waals surface area contributed by atoms with Crippen LogP contribution in [0.25, 0.3) is 0 Å². The summed E-state index contributed by atoms with van der Waals surface area (Å²) < 4.78 is 34.0.